The summed E-state index contributed by atoms with van der Waals surface area (Å²) in [5.74, 6) is -0.458. The normalized spacial score (nSPS) is 13.9. The van der Waals surface area contributed by atoms with Gasteiger partial charge in [0.05, 0.1) is 17.7 Å². The van der Waals surface area contributed by atoms with Gasteiger partial charge in [0.2, 0.25) is 0 Å². The monoisotopic (exact) mass is 238 g/mol. The van der Waals surface area contributed by atoms with Crippen LogP contribution in [0.15, 0.2) is 48.8 Å². The summed E-state index contributed by atoms with van der Waals surface area (Å²) in [6.45, 7) is 0.287. The first-order chi connectivity index (χ1) is 8.77. The minimum Gasteiger partial charge on any atom is -0.270 e. The van der Waals surface area contributed by atoms with E-state index in [0.717, 1.165) is 5.56 Å². The molecule has 0 fully saturated rings. The van der Waals surface area contributed by atoms with Crippen LogP contribution in [-0.2, 0) is 6.54 Å². The molecule has 2 amide bonds. The fourth-order valence-corrected chi connectivity index (χ4v) is 2.05. The van der Waals surface area contributed by atoms with Crippen molar-refractivity contribution in [1.29, 1.82) is 0 Å². The first kappa shape index (κ1) is 10.7. The van der Waals surface area contributed by atoms with Crippen molar-refractivity contribution in [2.24, 2.45) is 0 Å². The maximum atomic E-state index is 12.1. The summed E-state index contributed by atoms with van der Waals surface area (Å²) in [7, 11) is 0. The quantitative estimate of drug-likeness (QED) is 0.750. The first-order valence-corrected chi connectivity index (χ1v) is 5.61. The highest BCUT2D eigenvalue weighted by molar-refractivity contribution is 6.21. The molecule has 1 aliphatic heterocycles. The molecule has 1 aliphatic rings. The molecule has 0 saturated heterocycles. The third kappa shape index (κ3) is 1.59. The molecule has 1 aromatic heterocycles. The van der Waals surface area contributed by atoms with Crippen molar-refractivity contribution in [3.05, 3.63) is 65.5 Å². The Kier molecular flexibility index (Phi) is 2.41. The number of hydrogen-bond donors (Lipinski definition) is 0. The van der Waals surface area contributed by atoms with E-state index < -0.39 is 0 Å². The first-order valence-electron chi connectivity index (χ1n) is 5.61. The Morgan fingerprint density at radius 2 is 1.44 bits per heavy atom. The van der Waals surface area contributed by atoms with Crippen LogP contribution in [0.4, 0.5) is 0 Å². The summed E-state index contributed by atoms with van der Waals surface area (Å²) in [5, 5.41) is 0. The van der Waals surface area contributed by atoms with Crippen molar-refractivity contribution in [3.8, 4) is 0 Å². The highest BCUT2D eigenvalue weighted by Crippen LogP contribution is 2.23. The molecule has 0 saturated carbocycles. The van der Waals surface area contributed by atoms with Gasteiger partial charge in [-0.15, -0.1) is 0 Å². The van der Waals surface area contributed by atoms with Crippen LogP contribution in [0, 0.1) is 0 Å². The van der Waals surface area contributed by atoms with E-state index in [0.29, 0.717) is 11.1 Å². The molecule has 4 nitrogen and oxygen atoms in total. The van der Waals surface area contributed by atoms with Gasteiger partial charge in [0, 0.05) is 12.4 Å². The van der Waals surface area contributed by atoms with E-state index in [4.69, 9.17) is 0 Å². The standard InChI is InChI=1S/C14H10N2O2/c17-13-11-3-1-2-4-12(11)14(18)16(13)9-10-5-7-15-8-6-10/h1-8H,9H2. The highest BCUT2D eigenvalue weighted by atomic mass is 16.2. The Balaban J connectivity index is 1.93. The lowest BCUT2D eigenvalue weighted by atomic mass is 10.1. The van der Waals surface area contributed by atoms with Crippen molar-refractivity contribution in [3.63, 3.8) is 0 Å². The maximum Gasteiger partial charge on any atom is 0.261 e. The van der Waals surface area contributed by atoms with Crippen LogP contribution in [0.5, 0.6) is 0 Å². The third-order valence-corrected chi connectivity index (χ3v) is 2.97. The van der Waals surface area contributed by atoms with E-state index in [2.05, 4.69) is 4.98 Å². The molecule has 0 unspecified atom stereocenters. The van der Waals surface area contributed by atoms with Crippen LogP contribution in [0.25, 0.3) is 0 Å². The number of fused-ring (bicyclic) bond motifs is 1. The van der Waals surface area contributed by atoms with Gasteiger partial charge >= 0.3 is 0 Å². The number of amides is 2. The van der Waals surface area contributed by atoms with Crippen LogP contribution < -0.4 is 0 Å². The summed E-state index contributed by atoms with van der Waals surface area (Å²) in [4.78, 5) is 29.4. The number of hydrogen-bond acceptors (Lipinski definition) is 3. The molecule has 0 N–H and O–H groups in total. The van der Waals surface area contributed by atoms with Gasteiger partial charge in [-0.05, 0) is 29.8 Å². The van der Waals surface area contributed by atoms with Crippen LogP contribution in [0.3, 0.4) is 0 Å². The SMILES string of the molecule is O=C1c2ccccc2C(=O)N1Cc1ccncc1. The molecule has 0 aliphatic carbocycles. The number of benzene rings is 1. The van der Waals surface area contributed by atoms with Crippen LogP contribution in [0.1, 0.15) is 26.3 Å². The number of nitrogens with zero attached hydrogens (tertiary/aromatic N) is 2. The van der Waals surface area contributed by atoms with Gasteiger partial charge in [-0.2, -0.15) is 0 Å². The molecule has 0 bridgehead atoms. The fraction of sp³-hybridized carbons (Fsp3) is 0.0714. The number of carbonyl (C=O) groups is 2. The Bertz CT molecular complexity index is 588. The number of carbonyl (C=O) groups excluding carboxylic acids is 2. The van der Waals surface area contributed by atoms with Crippen molar-refractivity contribution in [2.75, 3.05) is 0 Å². The number of imide groups is 1. The lowest BCUT2D eigenvalue weighted by Gasteiger charge is -2.13. The summed E-state index contributed by atoms with van der Waals surface area (Å²) in [6.07, 6.45) is 3.29. The minimum atomic E-state index is -0.229. The molecular formula is C14H10N2O2. The molecule has 4 heteroatoms. The average molecular weight is 238 g/mol. The van der Waals surface area contributed by atoms with Crippen molar-refractivity contribution < 1.29 is 9.59 Å². The molecular weight excluding hydrogens is 228 g/mol. The summed E-state index contributed by atoms with van der Waals surface area (Å²) < 4.78 is 0. The molecule has 0 atom stereocenters. The number of rotatable bonds is 2. The molecule has 2 aromatic rings. The van der Waals surface area contributed by atoms with Gasteiger partial charge in [-0.25, -0.2) is 0 Å². The fourth-order valence-electron chi connectivity index (χ4n) is 2.05. The van der Waals surface area contributed by atoms with Gasteiger partial charge in [0.25, 0.3) is 11.8 Å². The number of pyridine rings is 1. The smallest absolute Gasteiger partial charge is 0.261 e. The second-order valence-electron chi connectivity index (χ2n) is 4.10. The molecule has 3 rings (SSSR count). The third-order valence-electron chi connectivity index (χ3n) is 2.97. The molecule has 18 heavy (non-hydrogen) atoms. The van der Waals surface area contributed by atoms with Gasteiger partial charge < -0.3 is 0 Å². The van der Waals surface area contributed by atoms with E-state index in [1.165, 1.54) is 4.90 Å². The molecule has 88 valence electrons. The Morgan fingerprint density at radius 1 is 0.889 bits per heavy atom. The zero-order valence-corrected chi connectivity index (χ0v) is 9.54. The zero-order chi connectivity index (χ0) is 12.5. The van der Waals surface area contributed by atoms with Crippen LogP contribution >= 0.6 is 0 Å². The average Bonchev–Trinajstić information content (AvgIpc) is 2.66. The van der Waals surface area contributed by atoms with E-state index in [1.54, 1.807) is 48.8 Å². The topological polar surface area (TPSA) is 50.3 Å². The largest absolute Gasteiger partial charge is 0.270 e. The maximum absolute atomic E-state index is 12.1. The second-order valence-corrected chi connectivity index (χ2v) is 4.10. The lowest BCUT2D eigenvalue weighted by molar-refractivity contribution is 0.0642. The second kappa shape index (κ2) is 4.07. The highest BCUT2D eigenvalue weighted by Gasteiger charge is 2.34. The Hall–Kier alpha value is -2.49. The Labute approximate surface area is 104 Å². The van der Waals surface area contributed by atoms with Gasteiger partial charge in [-0.1, -0.05) is 12.1 Å². The summed E-state index contributed by atoms with van der Waals surface area (Å²) >= 11 is 0. The van der Waals surface area contributed by atoms with E-state index in [1.807, 2.05) is 0 Å². The Morgan fingerprint density at radius 3 is 2.00 bits per heavy atom. The van der Waals surface area contributed by atoms with E-state index in [-0.39, 0.29) is 18.4 Å². The number of aromatic nitrogens is 1. The predicted octanol–water partition coefficient (Wildman–Crippen LogP) is 1.88. The van der Waals surface area contributed by atoms with Crippen molar-refractivity contribution in [2.45, 2.75) is 6.54 Å². The zero-order valence-electron chi connectivity index (χ0n) is 9.54. The van der Waals surface area contributed by atoms with E-state index in [9.17, 15) is 9.59 Å². The predicted molar refractivity (Wildman–Crippen MR) is 64.9 cm³/mol. The summed E-state index contributed by atoms with van der Waals surface area (Å²) in [6, 6.07) is 10.5. The molecule has 0 spiro atoms. The molecule has 0 radical (unpaired) electrons. The lowest BCUT2D eigenvalue weighted by Crippen LogP contribution is -2.29. The van der Waals surface area contributed by atoms with Crippen molar-refractivity contribution >= 4 is 11.8 Å². The van der Waals surface area contributed by atoms with Crippen LogP contribution in [0.2, 0.25) is 0 Å². The van der Waals surface area contributed by atoms with Gasteiger partial charge in [0.15, 0.2) is 0 Å². The minimum absolute atomic E-state index is 0.229. The van der Waals surface area contributed by atoms with E-state index >= 15 is 0 Å². The van der Waals surface area contributed by atoms with Gasteiger partial charge in [-0.3, -0.25) is 19.5 Å². The van der Waals surface area contributed by atoms with Crippen LogP contribution in [-0.4, -0.2) is 21.7 Å². The van der Waals surface area contributed by atoms with Gasteiger partial charge in [0.1, 0.15) is 0 Å². The molecule has 2 heterocycles. The van der Waals surface area contributed by atoms with Crippen molar-refractivity contribution in [1.82, 2.24) is 9.88 Å². The summed E-state index contributed by atoms with van der Waals surface area (Å²) in [5.41, 5.74) is 1.85. The molecule has 1 aromatic carbocycles.